The van der Waals surface area contributed by atoms with Gasteiger partial charge in [0, 0.05) is 5.02 Å². The number of benzene rings is 1. The summed E-state index contributed by atoms with van der Waals surface area (Å²) in [6.45, 7) is 10.0. The van der Waals surface area contributed by atoms with E-state index >= 15 is 0 Å². The van der Waals surface area contributed by atoms with Gasteiger partial charge in [-0.1, -0.05) is 18.2 Å². The van der Waals surface area contributed by atoms with Crippen molar-refractivity contribution in [3.63, 3.8) is 0 Å². The number of rotatable bonds is 6. The molecule has 0 saturated heterocycles. The van der Waals surface area contributed by atoms with Gasteiger partial charge in [0.2, 0.25) is 8.32 Å². The highest BCUT2D eigenvalue weighted by atomic mass is 35.5. The lowest BCUT2D eigenvalue weighted by atomic mass is 10.3. The fourth-order valence-corrected chi connectivity index (χ4v) is 2.12. The maximum atomic E-state index is 5.80. The van der Waals surface area contributed by atoms with E-state index in [1.54, 1.807) is 37.5 Å². The van der Waals surface area contributed by atoms with Gasteiger partial charge < -0.3 is 13.9 Å². The minimum Gasteiger partial charge on any atom is -0.520 e. The standard InChI is InChI=1S/C14H19ClO3Si/c1-11(10-14(16-2)18-19(3,4)5)17-13-8-6-12(15)7-9-13/h6-10H,1H2,2-5H3/b14-10-. The third-order valence-corrected chi connectivity index (χ3v) is 3.01. The van der Waals surface area contributed by atoms with Crippen LogP contribution >= 0.6 is 11.6 Å². The Morgan fingerprint density at radius 2 is 1.79 bits per heavy atom. The van der Waals surface area contributed by atoms with Gasteiger partial charge >= 0.3 is 0 Å². The Morgan fingerprint density at radius 1 is 1.21 bits per heavy atom. The lowest BCUT2D eigenvalue weighted by Gasteiger charge is -2.20. The fraction of sp³-hybridized carbons (Fsp3) is 0.286. The molecule has 1 rings (SSSR count). The summed E-state index contributed by atoms with van der Waals surface area (Å²) < 4.78 is 16.4. The van der Waals surface area contributed by atoms with Crippen LogP contribution in [0.25, 0.3) is 0 Å². The average Bonchev–Trinajstić information content (AvgIpc) is 2.29. The monoisotopic (exact) mass is 298 g/mol. The summed E-state index contributed by atoms with van der Waals surface area (Å²) in [7, 11) is -0.158. The number of allylic oxidation sites excluding steroid dienone is 1. The summed E-state index contributed by atoms with van der Waals surface area (Å²) in [6, 6.07) is 7.05. The number of halogens is 1. The third-order valence-electron chi connectivity index (χ3n) is 1.95. The van der Waals surface area contributed by atoms with Crippen LogP contribution in [0.4, 0.5) is 0 Å². The summed E-state index contributed by atoms with van der Waals surface area (Å²) in [6.07, 6.45) is 1.63. The van der Waals surface area contributed by atoms with Crippen molar-refractivity contribution in [3.05, 3.63) is 53.6 Å². The number of hydrogen-bond donors (Lipinski definition) is 0. The van der Waals surface area contributed by atoms with E-state index in [0.717, 1.165) is 0 Å². The molecule has 5 heteroatoms. The highest BCUT2D eigenvalue weighted by molar-refractivity contribution is 6.70. The van der Waals surface area contributed by atoms with E-state index in [2.05, 4.69) is 26.2 Å². The van der Waals surface area contributed by atoms with Gasteiger partial charge in [0.1, 0.15) is 11.5 Å². The van der Waals surface area contributed by atoms with Gasteiger partial charge in [-0.3, -0.25) is 0 Å². The lowest BCUT2D eigenvalue weighted by molar-refractivity contribution is 0.145. The van der Waals surface area contributed by atoms with Crippen LogP contribution in [0.1, 0.15) is 0 Å². The van der Waals surface area contributed by atoms with Crippen molar-refractivity contribution < 1.29 is 13.9 Å². The number of methoxy groups -OCH3 is 1. The van der Waals surface area contributed by atoms with Crippen molar-refractivity contribution in [2.24, 2.45) is 0 Å². The SMILES string of the molecule is C=C(/C=C(/OC)O[Si](C)(C)C)Oc1ccc(Cl)cc1. The summed E-state index contributed by atoms with van der Waals surface area (Å²) >= 11 is 5.80. The molecule has 0 bridgehead atoms. The zero-order valence-electron chi connectivity index (χ0n) is 11.7. The van der Waals surface area contributed by atoms with Crippen LogP contribution in [0, 0.1) is 0 Å². The minimum atomic E-state index is -1.72. The van der Waals surface area contributed by atoms with Crippen molar-refractivity contribution in [1.29, 1.82) is 0 Å². The molecule has 0 aromatic heterocycles. The quantitative estimate of drug-likeness (QED) is 0.437. The molecule has 19 heavy (non-hydrogen) atoms. The molecule has 0 fully saturated rings. The second-order valence-corrected chi connectivity index (χ2v) is 9.77. The van der Waals surface area contributed by atoms with E-state index in [-0.39, 0.29) is 0 Å². The van der Waals surface area contributed by atoms with Crippen molar-refractivity contribution in [3.8, 4) is 5.75 Å². The summed E-state index contributed by atoms with van der Waals surface area (Å²) in [4.78, 5) is 0. The van der Waals surface area contributed by atoms with Gasteiger partial charge in [0.05, 0.1) is 13.2 Å². The van der Waals surface area contributed by atoms with Crippen molar-refractivity contribution in [2.75, 3.05) is 7.11 Å². The molecule has 0 saturated carbocycles. The Hall–Kier alpha value is -1.39. The molecule has 0 aliphatic carbocycles. The first-order valence-electron chi connectivity index (χ1n) is 5.87. The van der Waals surface area contributed by atoms with Crippen LogP contribution in [-0.2, 0) is 9.16 Å². The molecule has 104 valence electrons. The predicted molar refractivity (Wildman–Crippen MR) is 80.7 cm³/mol. The molecular weight excluding hydrogens is 280 g/mol. The summed E-state index contributed by atoms with van der Waals surface area (Å²) in [5, 5.41) is 0.660. The molecule has 0 aliphatic rings. The van der Waals surface area contributed by atoms with Crippen LogP contribution in [-0.4, -0.2) is 15.4 Å². The maximum absolute atomic E-state index is 5.80. The molecule has 0 spiro atoms. The van der Waals surface area contributed by atoms with Crippen LogP contribution in [0.15, 0.2) is 48.6 Å². The van der Waals surface area contributed by atoms with E-state index < -0.39 is 8.32 Å². The van der Waals surface area contributed by atoms with Crippen LogP contribution in [0.2, 0.25) is 24.7 Å². The van der Waals surface area contributed by atoms with E-state index in [1.807, 2.05) is 0 Å². The van der Waals surface area contributed by atoms with Gasteiger partial charge in [0.25, 0.3) is 5.95 Å². The first kappa shape index (κ1) is 15.7. The number of ether oxygens (including phenoxy) is 2. The van der Waals surface area contributed by atoms with E-state index in [0.29, 0.717) is 22.5 Å². The molecule has 0 radical (unpaired) electrons. The van der Waals surface area contributed by atoms with Crippen molar-refractivity contribution in [1.82, 2.24) is 0 Å². The maximum Gasteiger partial charge on any atom is 0.268 e. The highest BCUT2D eigenvalue weighted by Gasteiger charge is 2.18. The van der Waals surface area contributed by atoms with E-state index in [1.165, 1.54) is 0 Å². The Labute approximate surface area is 120 Å². The van der Waals surface area contributed by atoms with Crippen molar-refractivity contribution >= 4 is 19.9 Å². The molecule has 0 amide bonds. The average molecular weight is 299 g/mol. The highest BCUT2D eigenvalue weighted by Crippen LogP contribution is 2.19. The largest absolute Gasteiger partial charge is 0.520 e. The van der Waals surface area contributed by atoms with Crippen molar-refractivity contribution in [2.45, 2.75) is 19.6 Å². The normalized spacial score (nSPS) is 11.9. The zero-order valence-corrected chi connectivity index (χ0v) is 13.5. The van der Waals surface area contributed by atoms with Crippen LogP contribution in [0.3, 0.4) is 0 Å². The fourth-order valence-electron chi connectivity index (χ4n) is 1.25. The third kappa shape index (κ3) is 6.36. The first-order chi connectivity index (χ1) is 8.80. The topological polar surface area (TPSA) is 27.7 Å². The molecule has 0 N–H and O–H groups in total. The first-order valence-corrected chi connectivity index (χ1v) is 9.66. The molecule has 3 nitrogen and oxygen atoms in total. The predicted octanol–water partition coefficient (Wildman–Crippen LogP) is 4.57. The molecule has 0 aliphatic heterocycles. The van der Waals surface area contributed by atoms with Gasteiger partial charge in [-0.05, 0) is 43.9 Å². The Balaban J connectivity index is 2.69. The molecule has 0 unspecified atom stereocenters. The molecule has 1 aromatic rings. The van der Waals surface area contributed by atoms with Gasteiger partial charge in [-0.15, -0.1) is 0 Å². The van der Waals surface area contributed by atoms with E-state index in [9.17, 15) is 0 Å². The molecule has 0 atom stereocenters. The van der Waals surface area contributed by atoms with Gasteiger partial charge in [-0.25, -0.2) is 0 Å². The zero-order chi connectivity index (χ0) is 14.5. The molecule has 1 aromatic carbocycles. The second-order valence-electron chi connectivity index (χ2n) is 4.90. The van der Waals surface area contributed by atoms with Crippen LogP contribution < -0.4 is 4.74 Å². The Morgan fingerprint density at radius 3 is 2.26 bits per heavy atom. The Bertz CT molecular complexity index is 461. The van der Waals surface area contributed by atoms with Gasteiger partial charge in [-0.2, -0.15) is 0 Å². The second kappa shape index (κ2) is 6.68. The van der Waals surface area contributed by atoms with Gasteiger partial charge in [0.15, 0.2) is 0 Å². The number of hydrogen-bond acceptors (Lipinski definition) is 3. The van der Waals surface area contributed by atoms with E-state index in [4.69, 9.17) is 25.5 Å². The Kier molecular flexibility index (Phi) is 5.51. The van der Waals surface area contributed by atoms with Crippen LogP contribution in [0.5, 0.6) is 5.75 Å². The smallest absolute Gasteiger partial charge is 0.268 e. The summed E-state index contributed by atoms with van der Waals surface area (Å²) in [5.41, 5.74) is 0. The molecule has 0 heterocycles. The summed E-state index contributed by atoms with van der Waals surface area (Å²) in [5.74, 6) is 1.52. The minimum absolute atomic E-state index is 0.415. The molecular formula is C14H19ClO3Si. The lowest BCUT2D eigenvalue weighted by Crippen LogP contribution is -2.25.